The van der Waals surface area contributed by atoms with Gasteiger partial charge in [0.25, 0.3) is 5.91 Å². The lowest BCUT2D eigenvalue weighted by Gasteiger charge is -2.21. The Morgan fingerprint density at radius 2 is 2.58 bits per heavy atom. The van der Waals surface area contributed by atoms with Gasteiger partial charge in [-0.1, -0.05) is 0 Å². The summed E-state index contributed by atoms with van der Waals surface area (Å²) in [5.74, 6) is -0.191. The van der Waals surface area contributed by atoms with Crippen molar-refractivity contribution < 1.29 is 9.90 Å². The molecule has 0 bridgehead atoms. The number of thiazole rings is 1. The molecule has 1 atom stereocenters. The Hall–Kier alpha value is -1.44. The molecule has 0 aromatic carbocycles. The Morgan fingerprint density at radius 1 is 1.74 bits per heavy atom. The number of fused-ring (bicyclic) bond motifs is 1. The first-order valence-electron chi connectivity index (χ1n) is 6.22. The molecule has 3 rings (SSSR count). The van der Waals surface area contributed by atoms with Crippen LogP contribution in [0.4, 0.5) is 0 Å². The zero-order chi connectivity index (χ0) is 13.5. The molecule has 3 N–H and O–H groups in total. The summed E-state index contributed by atoms with van der Waals surface area (Å²) in [6, 6.07) is 0. The van der Waals surface area contributed by atoms with E-state index in [0.29, 0.717) is 24.4 Å². The van der Waals surface area contributed by atoms with Gasteiger partial charge in [0.2, 0.25) is 0 Å². The van der Waals surface area contributed by atoms with Crippen LogP contribution < -0.4 is 10.6 Å². The molecular formula is C12H16N4O2S. The van der Waals surface area contributed by atoms with Crippen molar-refractivity contribution in [3.63, 3.8) is 0 Å². The topological polar surface area (TPSA) is 78.7 Å². The van der Waals surface area contributed by atoms with Crippen molar-refractivity contribution in [3.05, 3.63) is 23.0 Å². The minimum atomic E-state index is -0.831. The van der Waals surface area contributed by atoms with Gasteiger partial charge < -0.3 is 15.7 Å². The number of aromatic nitrogens is 2. The van der Waals surface area contributed by atoms with E-state index < -0.39 is 5.60 Å². The fourth-order valence-corrected chi connectivity index (χ4v) is 3.14. The third-order valence-corrected chi connectivity index (χ3v) is 4.21. The third-order valence-electron chi connectivity index (χ3n) is 3.45. The van der Waals surface area contributed by atoms with Crippen molar-refractivity contribution in [1.82, 2.24) is 20.0 Å². The number of hydrogen-bond acceptors (Lipinski definition) is 5. The van der Waals surface area contributed by atoms with Crippen LogP contribution in [-0.4, -0.2) is 45.6 Å². The summed E-state index contributed by atoms with van der Waals surface area (Å²) in [5.41, 5.74) is 0.425. The van der Waals surface area contributed by atoms with E-state index in [1.807, 2.05) is 18.5 Å². The lowest BCUT2D eigenvalue weighted by Crippen LogP contribution is -2.44. The van der Waals surface area contributed by atoms with Crippen LogP contribution >= 0.6 is 11.3 Å². The Bertz CT molecular complexity index is 612. The first-order chi connectivity index (χ1) is 9.09. The molecule has 1 aliphatic heterocycles. The quantitative estimate of drug-likeness (QED) is 0.748. The van der Waals surface area contributed by atoms with Crippen LogP contribution in [0.2, 0.25) is 0 Å². The van der Waals surface area contributed by atoms with Crippen LogP contribution in [0.1, 0.15) is 22.6 Å². The highest BCUT2D eigenvalue weighted by Gasteiger charge is 2.31. The third kappa shape index (κ3) is 2.24. The van der Waals surface area contributed by atoms with Crippen molar-refractivity contribution in [3.8, 4) is 0 Å². The SMILES string of the molecule is Cc1nc2sccn2c1C(=O)NC[C@]1(O)CCNC1. The first kappa shape index (κ1) is 12.6. The number of aryl methyl sites for hydroxylation is 1. The molecule has 0 spiro atoms. The summed E-state index contributed by atoms with van der Waals surface area (Å²) in [5, 5.41) is 18.0. The van der Waals surface area contributed by atoms with Gasteiger partial charge in [-0.2, -0.15) is 0 Å². The zero-order valence-corrected chi connectivity index (χ0v) is 11.5. The minimum Gasteiger partial charge on any atom is -0.387 e. The van der Waals surface area contributed by atoms with Gasteiger partial charge in [-0.15, -0.1) is 11.3 Å². The largest absolute Gasteiger partial charge is 0.387 e. The van der Waals surface area contributed by atoms with Crippen molar-refractivity contribution in [2.45, 2.75) is 18.9 Å². The van der Waals surface area contributed by atoms with Crippen molar-refractivity contribution in [2.75, 3.05) is 19.6 Å². The molecule has 1 aliphatic rings. The van der Waals surface area contributed by atoms with E-state index in [1.54, 1.807) is 4.40 Å². The highest BCUT2D eigenvalue weighted by Crippen LogP contribution is 2.17. The molecule has 7 heteroatoms. The van der Waals surface area contributed by atoms with Gasteiger partial charge in [-0.25, -0.2) is 4.98 Å². The Morgan fingerprint density at radius 3 is 3.32 bits per heavy atom. The molecule has 1 amide bonds. The van der Waals surface area contributed by atoms with E-state index in [2.05, 4.69) is 15.6 Å². The van der Waals surface area contributed by atoms with Gasteiger partial charge in [0.05, 0.1) is 11.3 Å². The smallest absolute Gasteiger partial charge is 0.270 e. The fraction of sp³-hybridized carbons (Fsp3) is 0.500. The minimum absolute atomic E-state index is 0.191. The zero-order valence-electron chi connectivity index (χ0n) is 10.6. The summed E-state index contributed by atoms with van der Waals surface area (Å²) >= 11 is 1.49. The Labute approximate surface area is 114 Å². The Kier molecular flexibility index (Phi) is 3.04. The van der Waals surface area contributed by atoms with Gasteiger partial charge >= 0.3 is 0 Å². The van der Waals surface area contributed by atoms with Crippen molar-refractivity contribution >= 4 is 22.2 Å². The predicted molar refractivity (Wildman–Crippen MR) is 72.6 cm³/mol. The lowest BCUT2D eigenvalue weighted by molar-refractivity contribution is 0.0560. The monoisotopic (exact) mass is 280 g/mol. The normalized spacial score (nSPS) is 23.1. The van der Waals surface area contributed by atoms with E-state index in [0.717, 1.165) is 11.5 Å². The number of carbonyl (C=O) groups excluding carboxylic acids is 1. The second-order valence-corrected chi connectivity index (χ2v) is 5.81. The van der Waals surface area contributed by atoms with Crippen molar-refractivity contribution in [1.29, 1.82) is 0 Å². The molecule has 0 saturated carbocycles. The number of nitrogens with zero attached hydrogens (tertiary/aromatic N) is 2. The summed E-state index contributed by atoms with van der Waals surface area (Å²) in [4.78, 5) is 17.4. The van der Waals surface area contributed by atoms with Gasteiger partial charge in [0.1, 0.15) is 5.69 Å². The highest BCUT2D eigenvalue weighted by atomic mass is 32.1. The van der Waals surface area contributed by atoms with E-state index >= 15 is 0 Å². The molecular weight excluding hydrogens is 264 g/mol. The molecule has 0 radical (unpaired) electrons. The van der Waals surface area contributed by atoms with Crippen LogP contribution in [0.15, 0.2) is 11.6 Å². The number of imidazole rings is 1. The number of rotatable bonds is 3. The van der Waals surface area contributed by atoms with Crippen LogP contribution in [0.5, 0.6) is 0 Å². The fourth-order valence-electron chi connectivity index (χ4n) is 2.38. The summed E-state index contributed by atoms with van der Waals surface area (Å²) in [7, 11) is 0. The molecule has 2 aromatic heterocycles. The maximum absolute atomic E-state index is 12.2. The molecule has 0 unspecified atom stereocenters. The average molecular weight is 280 g/mol. The maximum Gasteiger partial charge on any atom is 0.270 e. The number of hydrogen-bond donors (Lipinski definition) is 3. The summed E-state index contributed by atoms with van der Waals surface area (Å²) in [6.45, 7) is 3.38. The molecule has 1 fully saturated rings. The van der Waals surface area contributed by atoms with Gasteiger partial charge in [-0.05, 0) is 19.9 Å². The van der Waals surface area contributed by atoms with E-state index in [1.165, 1.54) is 11.3 Å². The van der Waals surface area contributed by atoms with E-state index in [4.69, 9.17) is 0 Å². The lowest BCUT2D eigenvalue weighted by atomic mass is 10.0. The van der Waals surface area contributed by atoms with Crippen molar-refractivity contribution in [2.24, 2.45) is 0 Å². The number of carbonyl (C=O) groups is 1. The van der Waals surface area contributed by atoms with E-state index in [9.17, 15) is 9.90 Å². The number of aliphatic hydroxyl groups is 1. The standard InChI is InChI=1S/C12H16N4O2S/c1-8-9(16-4-5-19-11(16)15-8)10(17)14-7-12(18)2-3-13-6-12/h4-5,13,18H,2-3,6-7H2,1H3,(H,14,17)/t12-/m0/s1. The van der Waals surface area contributed by atoms with Crippen LogP contribution in [0.3, 0.4) is 0 Å². The molecule has 102 valence electrons. The van der Waals surface area contributed by atoms with Crippen LogP contribution in [0, 0.1) is 6.92 Å². The van der Waals surface area contributed by atoms with Gasteiger partial charge in [-0.3, -0.25) is 9.20 Å². The maximum atomic E-state index is 12.2. The van der Waals surface area contributed by atoms with E-state index in [-0.39, 0.29) is 12.5 Å². The average Bonchev–Trinajstić information content (AvgIpc) is 3.03. The number of β-amino-alcohol motifs (C(OH)–C–C–N with tert-alkyl or cyclic N) is 1. The Balaban J connectivity index is 1.76. The van der Waals surface area contributed by atoms with Crippen LogP contribution in [-0.2, 0) is 0 Å². The molecule has 2 aromatic rings. The molecule has 0 aliphatic carbocycles. The van der Waals surface area contributed by atoms with Gasteiger partial charge in [0.15, 0.2) is 4.96 Å². The molecule has 3 heterocycles. The predicted octanol–water partition coefficient (Wildman–Crippen LogP) is 0.158. The van der Waals surface area contributed by atoms with Crippen LogP contribution in [0.25, 0.3) is 4.96 Å². The summed E-state index contributed by atoms with van der Waals surface area (Å²) in [6.07, 6.45) is 2.49. The first-order valence-corrected chi connectivity index (χ1v) is 7.10. The summed E-state index contributed by atoms with van der Waals surface area (Å²) < 4.78 is 1.78. The second-order valence-electron chi connectivity index (χ2n) is 4.94. The molecule has 1 saturated heterocycles. The molecule has 19 heavy (non-hydrogen) atoms. The number of amides is 1. The molecule has 6 nitrogen and oxygen atoms in total. The highest BCUT2D eigenvalue weighted by molar-refractivity contribution is 7.15. The van der Waals surface area contributed by atoms with Gasteiger partial charge in [0, 0.05) is 24.7 Å². The number of nitrogens with one attached hydrogen (secondary N) is 2. The second kappa shape index (κ2) is 4.59.